The largest absolute Gasteiger partial charge is 0.504 e. The van der Waals surface area contributed by atoms with Crippen LogP contribution >= 0.6 is 0 Å². The van der Waals surface area contributed by atoms with Gasteiger partial charge in [-0.2, -0.15) is 0 Å². The van der Waals surface area contributed by atoms with Crippen molar-refractivity contribution in [1.29, 1.82) is 0 Å². The second-order valence-electron chi connectivity index (χ2n) is 4.25. The molecule has 0 unspecified atom stereocenters. The Labute approximate surface area is 110 Å². The molecule has 0 aliphatic heterocycles. The maximum atomic E-state index is 9.34. The maximum Gasteiger partial charge on any atom is 0.157 e. The molecule has 0 aliphatic rings. The number of hydrogen-bond donors (Lipinski definition) is 5. The molecule has 5 heteroatoms. The van der Waals surface area contributed by atoms with Crippen LogP contribution in [-0.2, 0) is 13.1 Å². The van der Waals surface area contributed by atoms with E-state index >= 15 is 0 Å². The molecule has 0 aliphatic carbocycles. The molecule has 0 spiro atoms. The topological polar surface area (TPSA) is 93.0 Å². The highest BCUT2D eigenvalue weighted by Gasteiger charge is 2.02. The molecule has 0 amide bonds. The zero-order valence-electron chi connectivity index (χ0n) is 10.2. The molecule has 2 rings (SSSR count). The molecular formula is C14H15NO4. The molecule has 19 heavy (non-hydrogen) atoms. The monoisotopic (exact) mass is 261 g/mol. The first-order valence-electron chi connectivity index (χ1n) is 5.78. The summed E-state index contributed by atoms with van der Waals surface area (Å²) in [7, 11) is 0. The van der Waals surface area contributed by atoms with E-state index in [-0.39, 0.29) is 23.0 Å². The number of hydrogen-bond acceptors (Lipinski definition) is 5. The summed E-state index contributed by atoms with van der Waals surface area (Å²) in [6, 6.07) is 9.23. The van der Waals surface area contributed by atoms with Gasteiger partial charge in [-0.15, -0.1) is 0 Å². The fraction of sp³-hybridized carbons (Fsp3) is 0.143. The van der Waals surface area contributed by atoms with Gasteiger partial charge in [-0.25, -0.2) is 0 Å². The fourth-order valence-corrected chi connectivity index (χ4v) is 1.71. The Kier molecular flexibility index (Phi) is 3.77. The number of benzene rings is 2. The molecule has 0 radical (unpaired) electrons. The van der Waals surface area contributed by atoms with Crippen molar-refractivity contribution in [3.05, 3.63) is 47.5 Å². The molecule has 0 aromatic heterocycles. The van der Waals surface area contributed by atoms with Crippen LogP contribution in [0.3, 0.4) is 0 Å². The van der Waals surface area contributed by atoms with Crippen LogP contribution in [0.4, 0.5) is 0 Å². The first kappa shape index (κ1) is 13.0. The average molecular weight is 261 g/mol. The van der Waals surface area contributed by atoms with Crippen LogP contribution < -0.4 is 5.32 Å². The summed E-state index contributed by atoms with van der Waals surface area (Å²) in [6.07, 6.45) is 0. The molecule has 100 valence electrons. The van der Waals surface area contributed by atoms with Crippen molar-refractivity contribution in [2.24, 2.45) is 0 Å². The average Bonchev–Trinajstić information content (AvgIpc) is 2.38. The first-order chi connectivity index (χ1) is 9.06. The van der Waals surface area contributed by atoms with Gasteiger partial charge in [0.25, 0.3) is 0 Å². The van der Waals surface area contributed by atoms with Gasteiger partial charge in [0.1, 0.15) is 0 Å². The van der Waals surface area contributed by atoms with E-state index in [1.54, 1.807) is 12.1 Å². The van der Waals surface area contributed by atoms with Crippen LogP contribution in [-0.4, -0.2) is 20.4 Å². The number of phenols is 4. The lowest BCUT2D eigenvalue weighted by molar-refractivity contribution is 0.402. The molecule has 0 saturated heterocycles. The Morgan fingerprint density at radius 1 is 0.632 bits per heavy atom. The van der Waals surface area contributed by atoms with Gasteiger partial charge in [0.2, 0.25) is 0 Å². The van der Waals surface area contributed by atoms with Gasteiger partial charge < -0.3 is 25.7 Å². The quantitative estimate of drug-likeness (QED) is 0.541. The van der Waals surface area contributed by atoms with Gasteiger partial charge in [-0.3, -0.25) is 0 Å². The van der Waals surface area contributed by atoms with Crippen LogP contribution in [0.15, 0.2) is 36.4 Å². The molecule has 5 N–H and O–H groups in total. The Morgan fingerprint density at radius 3 is 1.42 bits per heavy atom. The summed E-state index contributed by atoms with van der Waals surface area (Å²) in [5.74, 6) is -0.595. The third-order valence-corrected chi connectivity index (χ3v) is 2.74. The van der Waals surface area contributed by atoms with E-state index in [0.717, 1.165) is 11.1 Å². The van der Waals surface area contributed by atoms with E-state index in [1.165, 1.54) is 24.3 Å². The summed E-state index contributed by atoms with van der Waals surface area (Å²) in [4.78, 5) is 0. The molecule has 5 nitrogen and oxygen atoms in total. The zero-order chi connectivity index (χ0) is 13.8. The highest BCUT2D eigenvalue weighted by molar-refractivity contribution is 5.41. The van der Waals surface area contributed by atoms with E-state index in [9.17, 15) is 20.4 Å². The van der Waals surface area contributed by atoms with E-state index in [2.05, 4.69) is 5.32 Å². The Bertz CT molecular complexity index is 532. The number of aromatic hydroxyl groups is 4. The molecule has 0 heterocycles. The normalized spacial score (nSPS) is 10.5. The number of rotatable bonds is 4. The predicted molar refractivity (Wildman–Crippen MR) is 70.1 cm³/mol. The van der Waals surface area contributed by atoms with Crippen LogP contribution in [0, 0.1) is 0 Å². The third kappa shape index (κ3) is 3.29. The van der Waals surface area contributed by atoms with Gasteiger partial charge in [0, 0.05) is 13.1 Å². The van der Waals surface area contributed by atoms with Crippen molar-refractivity contribution in [3.63, 3.8) is 0 Å². The Hall–Kier alpha value is -2.40. The van der Waals surface area contributed by atoms with Crippen molar-refractivity contribution >= 4 is 0 Å². The summed E-state index contributed by atoms with van der Waals surface area (Å²) in [6.45, 7) is 1.02. The predicted octanol–water partition coefficient (Wildman–Crippen LogP) is 1.80. The van der Waals surface area contributed by atoms with E-state index in [4.69, 9.17) is 0 Å². The first-order valence-corrected chi connectivity index (χ1v) is 5.78. The van der Waals surface area contributed by atoms with E-state index < -0.39 is 0 Å². The lowest BCUT2D eigenvalue weighted by Gasteiger charge is -2.07. The van der Waals surface area contributed by atoms with Crippen LogP contribution in [0.25, 0.3) is 0 Å². The molecule has 0 fully saturated rings. The van der Waals surface area contributed by atoms with Crippen molar-refractivity contribution < 1.29 is 20.4 Å². The van der Waals surface area contributed by atoms with Crippen molar-refractivity contribution in [1.82, 2.24) is 5.32 Å². The third-order valence-electron chi connectivity index (χ3n) is 2.74. The van der Waals surface area contributed by atoms with Crippen molar-refractivity contribution in [2.75, 3.05) is 0 Å². The molecule has 2 aromatic carbocycles. The smallest absolute Gasteiger partial charge is 0.157 e. The second kappa shape index (κ2) is 5.49. The Morgan fingerprint density at radius 2 is 1.05 bits per heavy atom. The summed E-state index contributed by atoms with van der Waals surface area (Å²) in [5.41, 5.74) is 1.66. The van der Waals surface area contributed by atoms with Crippen LogP contribution in [0.5, 0.6) is 23.0 Å². The van der Waals surface area contributed by atoms with Crippen molar-refractivity contribution in [2.45, 2.75) is 13.1 Å². The number of phenolic OH excluding ortho intramolecular Hbond substituents is 4. The molecule has 0 bridgehead atoms. The summed E-state index contributed by atoms with van der Waals surface area (Å²) < 4.78 is 0. The minimum atomic E-state index is -0.151. The standard InChI is InChI=1S/C14H15NO4/c16-11-3-1-9(5-13(11)18)7-15-8-10-2-4-12(17)14(19)6-10/h1-6,15-19H,7-8H2. The summed E-state index contributed by atoms with van der Waals surface area (Å²) in [5, 5.41) is 40.2. The highest BCUT2D eigenvalue weighted by Crippen LogP contribution is 2.26. The SMILES string of the molecule is Oc1ccc(CNCc2ccc(O)c(O)c2)cc1O. The lowest BCUT2D eigenvalue weighted by Crippen LogP contribution is -2.12. The molecule has 0 atom stereocenters. The molecular weight excluding hydrogens is 246 g/mol. The lowest BCUT2D eigenvalue weighted by atomic mass is 10.1. The number of nitrogens with one attached hydrogen (secondary N) is 1. The summed E-state index contributed by atoms with van der Waals surface area (Å²) >= 11 is 0. The van der Waals surface area contributed by atoms with Crippen LogP contribution in [0.1, 0.15) is 11.1 Å². The minimum Gasteiger partial charge on any atom is -0.504 e. The minimum absolute atomic E-state index is 0.146. The Balaban J connectivity index is 1.92. The van der Waals surface area contributed by atoms with Gasteiger partial charge in [0.15, 0.2) is 23.0 Å². The van der Waals surface area contributed by atoms with Gasteiger partial charge in [-0.05, 0) is 35.4 Å². The molecule has 2 aromatic rings. The fourth-order valence-electron chi connectivity index (χ4n) is 1.71. The van der Waals surface area contributed by atoms with Gasteiger partial charge >= 0.3 is 0 Å². The van der Waals surface area contributed by atoms with E-state index in [0.29, 0.717) is 13.1 Å². The molecule has 0 saturated carbocycles. The second-order valence-corrected chi connectivity index (χ2v) is 4.25. The van der Waals surface area contributed by atoms with Crippen molar-refractivity contribution in [3.8, 4) is 23.0 Å². The van der Waals surface area contributed by atoms with Gasteiger partial charge in [0.05, 0.1) is 0 Å². The van der Waals surface area contributed by atoms with Gasteiger partial charge in [-0.1, -0.05) is 12.1 Å². The highest BCUT2D eigenvalue weighted by atomic mass is 16.3. The van der Waals surface area contributed by atoms with Crippen LogP contribution in [0.2, 0.25) is 0 Å². The zero-order valence-corrected chi connectivity index (χ0v) is 10.2. The maximum absolute atomic E-state index is 9.34. The van der Waals surface area contributed by atoms with E-state index in [1.807, 2.05) is 0 Å².